The number of anilines is 1. The second kappa shape index (κ2) is 4.76. The number of hydrogen-bond donors (Lipinski definition) is 3. The number of H-pyrrole nitrogens is 1. The van der Waals surface area contributed by atoms with E-state index in [-0.39, 0.29) is 12.5 Å². The molecule has 0 saturated carbocycles. The zero-order chi connectivity index (χ0) is 11.5. The van der Waals surface area contributed by atoms with E-state index in [0.29, 0.717) is 0 Å². The number of aliphatic hydroxyl groups is 1. The Morgan fingerprint density at radius 2 is 2.38 bits per heavy atom. The summed E-state index contributed by atoms with van der Waals surface area (Å²) in [6, 6.07) is 3.93. The molecule has 1 aromatic carbocycles. The maximum atomic E-state index is 8.96. The molecule has 16 heavy (non-hydrogen) atoms. The number of aliphatic hydroxyl groups excluding tert-OH is 1. The Labute approximate surface area is 98.2 Å². The van der Waals surface area contributed by atoms with E-state index in [0.717, 1.165) is 27.2 Å². The van der Waals surface area contributed by atoms with Crippen LogP contribution in [0.3, 0.4) is 0 Å². The van der Waals surface area contributed by atoms with E-state index in [4.69, 9.17) is 10.8 Å². The predicted molar refractivity (Wildman–Crippen MR) is 67.5 cm³/mol. The summed E-state index contributed by atoms with van der Waals surface area (Å²) in [5.41, 5.74) is 7.71. The number of aromatic nitrogens is 2. The van der Waals surface area contributed by atoms with Crippen molar-refractivity contribution in [1.82, 2.24) is 10.2 Å². The van der Waals surface area contributed by atoms with Crippen LogP contribution >= 0.6 is 11.8 Å². The van der Waals surface area contributed by atoms with Gasteiger partial charge in [-0.3, -0.25) is 5.10 Å². The average molecular weight is 237 g/mol. The number of hydrogen-bond acceptors (Lipinski definition) is 4. The van der Waals surface area contributed by atoms with Gasteiger partial charge in [0.2, 0.25) is 0 Å². The molecule has 0 fully saturated rings. The summed E-state index contributed by atoms with van der Waals surface area (Å²) < 4.78 is 0. The smallest absolute Gasteiger partial charge is 0.0662 e. The third kappa shape index (κ3) is 2.31. The molecule has 1 atom stereocenters. The van der Waals surface area contributed by atoms with Crippen molar-refractivity contribution < 1.29 is 5.11 Å². The van der Waals surface area contributed by atoms with E-state index in [1.54, 1.807) is 18.0 Å². The molecule has 0 spiro atoms. The molecule has 0 aliphatic carbocycles. The third-order valence-electron chi connectivity index (χ3n) is 2.41. The van der Waals surface area contributed by atoms with Crippen LogP contribution in [0, 0.1) is 5.92 Å². The lowest BCUT2D eigenvalue weighted by Crippen LogP contribution is -2.03. The topological polar surface area (TPSA) is 74.9 Å². The SMILES string of the molecule is CC(CO)CSc1cc2[nH]ncc2cc1N. The van der Waals surface area contributed by atoms with Gasteiger partial charge in [0.25, 0.3) is 0 Å². The number of nitrogens with one attached hydrogen (secondary N) is 1. The summed E-state index contributed by atoms with van der Waals surface area (Å²) in [5, 5.41) is 16.9. The lowest BCUT2D eigenvalue weighted by atomic mass is 10.2. The Bertz CT molecular complexity index is 483. The Morgan fingerprint density at radius 3 is 3.12 bits per heavy atom. The number of nitrogen functional groups attached to an aromatic ring is 1. The lowest BCUT2D eigenvalue weighted by molar-refractivity contribution is 0.250. The van der Waals surface area contributed by atoms with E-state index in [2.05, 4.69) is 10.2 Å². The zero-order valence-corrected chi connectivity index (χ0v) is 9.92. The van der Waals surface area contributed by atoms with E-state index >= 15 is 0 Å². The molecule has 4 nitrogen and oxygen atoms in total. The van der Waals surface area contributed by atoms with Crippen LogP contribution in [-0.2, 0) is 0 Å². The summed E-state index contributed by atoms with van der Waals surface area (Å²) in [7, 11) is 0. The number of rotatable bonds is 4. The fraction of sp³-hybridized carbons (Fsp3) is 0.364. The molecular formula is C11H15N3OS. The minimum Gasteiger partial charge on any atom is -0.398 e. The van der Waals surface area contributed by atoms with Crippen molar-refractivity contribution >= 4 is 28.4 Å². The lowest BCUT2D eigenvalue weighted by Gasteiger charge is -2.09. The first-order valence-electron chi connectivity index (χ1n) is 5.17. The van der Waals surface area contributed by atoms with Crippen LogP contribution in [0.1, 0.15) is 6.92 Å². The van der Waals surface area contributed by atoms with Crippen LogP contribution in [0.2, 0.25) is 0 Å². The number of nitrogens with two attached hydrogens (primary N) is 1. The van der Waals surface area contributed by atoms with Crippen molar-refractivity contribution in [2.45, 2.75) is 11.8 Å². The highest BCUT2D eigenvalue weighted by atomic mass is 32.2. The first-order chi connectivity index (χ1) is 7.70. The molecular weight excluding hydrogens is 222 g/mol. The molecule has 86 valence electrons. The predicted octanol–water partition coefficient (Wildman–Crippen LogP) is 1.87. The molecule has 0 amide bonds. The van der Waals surface area contributed by atoms with Crippen LogP contribution < -0.4 is 5.73 Å². The molecule has 4 N–H and O–H groups in total. The molecule has 5 heteroatoms. The quantitative estimate of drug-likeness (QED) is 0.560. The molecule has 1 aromatic heterocycles. The molecule has 0 aliphatic heterocycles. The molecule has 0 bridgehead atoms. The standard InChI is InChI=1S/C11H15N3OS/c1-7(5-15)6-16-11-3-10-8(2-9(11)12)4-13-14-10/h2-4,7,15H,5-6,12H2,1H3,(H,13,14). The fourth-order valence-electron chi connectivity index (χ4n) is 1.40. The minimum atomic E-state index is 0.208. The molecule has 1 unspecified atom stereocenters. The van der Waals surface area contributed by atoms with E-state index in [9.17, 15) is 0 Å². The highest BCUT2D eigenvalue weighted by Gasteiger charge is 2.06. The Hall–Kier alpha value is -1.20. The highest BCUT2D eigenvalue weighted by molar-refractivity contribution is 7.99. The molecule has 2 rings (SSSR count). The largest absolute Gasteiger partial charge is 0.398 e. The second-order valence-electron chi connectivity index (χ2n) is 3.95. The zero-order valence-electron chi connectivity index (χ0n) is 9.10. The van der Waals surface area contributed by atoms with Crippen molar-refractivity contribution in [3.63, 3.8) is 0 Å². The van der Waals surface area contributed by atoms with E-state index in [1.165, 1.54) is 0 Å². The monoisotopic (exact) mass is 237 g/mol. The van der Waals surface area contributed by atoms with Crippen LogP contribution in [0.5, 0.6) is 0 Å². The van der Waals surface area contributed by atoms with Gasteiger partial charge in [-0.25, -0.2) is 0 Å². The van der Waals surface area contributed by atoms with Crippen LogP contribution in [0.4, 0.5) is 5.69 Å². The first-order valence-corrected chi connectivity index (χ1v) is 6.15. The van der Waals surface area contributed by atoms with Crippen molar-refractivity contribution in [1.29, 1.82) is 0 Å². The Balaban J connectivity index is 2.19. The van der Waals surface area contributed by atoms with Gasteiger partial charge in [-0.15, -0.1) is 11.8 Å². The Kier molecular flexibility index (Phi) is 3.36. The van der Waals surface area contributed by atoms with Gasteiger partial charge in [-0.1, -0.05) is 6.92 Å². The van der Waals surface area contributed by atoms with Crippen LogP contribution in [0.15, 0.2) is 23.2 Å². The minimum absolute atomic E-state index is 0.208. The van der Waals surface area contributed by atoms with E-state index < -0.39 is 0 Å². The fourth-order valence-corrected chi connectivity index (χ4v) is 2.40. The van der Waals surface area contributed by atoms with Gasteiger partial charge < -0.3 is 10.8 Å². The number of thioether (sulfide) groups is 1. The third-order valence-corrected chi connectivity index (χ3v) is 3.81. The van der Waals surface area contributed by atoms with Crippen LogP contribution in [0.25, 0.3) is 10.9 Å². The number of fused-ring (bicyclic) bond motifs is 1. The van der Waals surface area contributed by atoms with Gasteiger partial charge in [0.1, 0.15) is 0 Å². The van der Waals surface area contributed by atoms with Gasteiger partial charge in [0.05, 0.1) is 11.7 Å². The van der Waals surface area contributed by atoms with Crippen molar-refractivity contribution in [2.24, 2.45) is 5.92 Å². The number of benzene rings is 1. The normalized spacial score (nSPS) is 13.1. The summed E-state index contributed by atoms with van der Waals surface area (Å²) >= 11 is 1.67. The van der Waals surface area contributed by atoms with E-state index in [1.807, 2.05) is 19.1 Å². The number of nitrogens with zero attached hydrogens (tertiary/aromatic N) is 1. The molecule has 1 heterocycles. The van der Waals surface area contributed by atoms with Gasteiger partial charge in [0, 0.05) is 28.3 Å². The number of aromatic amines is 1. The Morgan fingerprint density at radius 1 is 1.56 bits per heavy atom. The molecule has 0 aliphatic rings. The maximum absolute atomic E-state index is 8.96. The summed E-state index contributed by atoms with van der Waals surface area (Å²) in [4.78, 5) is 1.04. The molecule has 2 aromatic rings. The summed E-state index contributed by atoms with van der Waals surface area (Å²) in [6.45, 7) is 2.22. The van der Waals surface area contributed by atoms with Crippen molar-refractivity contribution in [3.8, 4) is 0 Å². The van der Waals surface area contributed by atoms with Crippen molar-refractivity contribution in [2.75, 3.05) is 18.1 Å². The molecule has 0 saturated heterocycles. The first kappa shape index (κ1) is 11.3. The van der Waals surface area contributed by atoms with Crippen molar-refractivity contribution in [3.05, 3.63) is 18.3 Å². The second-order valence-corrected chi connectivity index (χ2v) is 5.01. The van der Waals surface area contributed by atoms with Gasteiger partial charge >= 0.3 is 0 Å². The maximum Gasteiger partial charge on any atom is 0.0662 e. The van der Waals surface area contributed by atoms with Crippen LogP contribution in [-0.4, -0.2) is 27.7 Å². The average Bonchev–Trinajstić information content (AvgIpc) is 2.72. The summed E-state index contributed by atoms with van der Waals surface area (Å²) in [5.74, 6) is 1.14. The highest BCUT2D eigenvalue weighted by Crippen LogP contribution is 2.30. The molecule has 0 radical (unpaired) electrons. The van der Waals surface area contributed by atoms with Gasteiger partial charge in [0.15, 0.2) is 0 Å². The summed E-state index contributed by atoms with van der Waals surface area (Å²) in [6.07, 6.45) is 1.76. The van der Waals surface area contributed by atoms with Gasteiger partial charge in [-0.05, 0) is 18.1 Å². The van der Waals surface area contributed by atoms with Gasteiger partial charge in [-0.2, -0.15) is 5.10 Å².